The molecule has 1 aromatic heterocycles. The van der Waals surface area contributed by atoms with E-state index in [9.17, 15) is 0 Å². The standard InChI is InChI=1S/C13H12BrNO3/c1-17-12-7-9(8-16)4-5-11(12)18-13-10(14)3-2-6-15-13/h2-7,16H,8H2,1H3. The lowest BCUT2D eigenvalue weighted by Gasteiger charge is -2.11. The molecule has 0 aliphatic rings. The second-order valence-electron chi connectivity index (χ2n) is 3.54. The molecule has 94 valence electrons. The number of halogens is 1. The van der Waals surface area contributed by atoms with E-state index in [-0.39, 0.29) is 6.61 Å². The zero-order valence-corrected chi connectivity index (χ0v) is 11.3. The minimum absolute atomic E-state index is 0.0378. The monoisotopic (exact) mass is 309 g/mol. The fraction of sp³-hybridized carbons (Fsp3) is 0.154. The molecule has 0 bridgehead atoms. The smallest absolute Gasteiger partial charge is 0.233 e. The van der Waals surface area contributed by atoms with Gasteiger partial charge in [-0.1, -0.05) is 6.07 Å². The number of pyridine rings is 1. The molecule has 0 radical (unpaired) electrons. The van der Waals surface area contributed by atoms with Crippen LogP contribution in [-0.2, 0) is 6.61 Å². The second kappa shape index (κ2) is 5.84. The van der Waals surface area contributed by atoms with Crippen molar-refractivity contribution < 1.29 is 14.6 Å². The summed E-state index contributed by atoms with van der Waals surface area (Å²) in [6.45, 7) is -0.0378. The quantitative estimate of drug-likeness (QED) is 0.942. The molecule has 2 aromatic rings. The molecule has 0 aliphatic carbocycles. The molecule has 0 fully saturated rings. The maximum atomic E-state index is 9.07. The van der Waals surface area contributed by atoms with Gasteiger partial charge in [-0.05, 0) is 45.8 Å². The molecule has 0 unspecified atom stereocenters. The molecule has 0 saturated carbocycles. The van der Waals surface area contributed by atoms with Crippen LogP contribution >= 0.6 is 15.9 Å². The van der Waals surface area contributed by atoms with E-state index < -0.39 is 0 Å². The SMILES string of the molecule is COc1cc(CO)ccc1Oc1ncccc1Br. The number of nitrogens with zero attached hydrogens (tertiary/aromatic N) is 1. The van der Waals surface area contributed by atoms with Gasteiger partial charge in [0.15, 0.2) is 11.5 Å². The number of ether oxygens (including phenoxy) is 2. The number of hydrogen-bond acceptors (Lipinski definition) is 4. The van der Waals surface area contributed by atoms with Crippen LogP contribution in [0.15, 0.2) is 41.0 Å². The molecule has 0 saturated heterocycles. The Kier molecular flexibility index (Phi) is 4.17. The summed E-state index contributed by atoms with van der Waals surface area (Å²) < 4.78 is 11.6. The average Bonchev–Trinajstić information content (AvgIpc) is 2.41. The van der Waals surface area contributed by atoms with Gasteiger partial charge < -0.3 is 14.6 Å². The van der Waals surface area contributed by atoms with Crippen LogP contribution in [0.2, 0.25) is 0 Å². The van der Waals surface area contributed by atoms with Gasteiger partial charge in [-0.3, -0.25) is 0 Å². The van der Waals surface area contributed by atoms with Gasteiger partial charge in [0.2, 0.25) is 5.88 Å². The van der Waals surface area contributed by atoms with E-state index in [1.165, 1.54) is 0 Å². The molecule has 1 N–H and O–H groups in total. The van der Waals surface area contributed by atoms with Crippen LogP contribution in [0.4, 0.5) is 0 Å². The number of aromatic nitrogens is 1. The zero-order valence-electron chi connectivity index (χ0n) is 9.76. The number of hydrogen-bond donors (Lipinski definition) is 1. The first-order valence-corrected chi connectivity index (χ1v) is 6.10. The predicted molar refractivity (Wildman–Crippen MR) is 70.9 cm³/mol. The molecule has 0 atom stereocenters. The van der Waals surface area contributed by atoms with Gasteiger partial charge in [0, 0.05) is 6.20 Å². The van der Waals surface area contributed by atoms with Gasteiger partial charge in [-0.15, -0.1) is 0 Å². The zero-order chi connectivity index (χ0) is 13.0. The van der Waals surface area contributed by atoms with Gasteiger partial charge in [0.1, 0.15) is 0 Å². The number of benzene rings is 1. The lowest BCUT2D eigenvalue weighted by atomic mass is 10.2. The number of rotatable bonds is 4. The first-order chi connectivity index (χ1) is 8.74. The third-order valence-electron chi connectivity index (χ3n) is 2.34. The van der Waals surface area contributed by atoms with Gasteiger partial charge >= 0.3 is 0 Å². The summed E-state index contributed by atoms with van der Waals surface area (Å²) in [5, 5.41) is 9.07. The Morgan fingerprint density at radius 1 is 1.28 bits per heavy atom. The minimum Gasteiger partial charge on any atom is -0.493 e. The molecule has 0 spiro atoms. The van der Waals surface area contributed by atoms with Crippen LogP contribution in [0.1, 0.15) is 5.56 Å². The van der Waals surface area contributed by atoms with Crippen molar-refractivity contribution in [2.24, 2.45) is 0 Å². The van der Waals surface area contributed by atoms with Crippen molar-refractivity contribution in [2.75, 3.05) is 7.11 Å². The number of methoxy groups -OCH3 is 1. The topological polar surface area (TPSA) is 51.6 Å². The maximum Gasteiger partial charge on any atom is 0.233 e. The van der Waals surface area contributed by atoms with Gasteiger partial charge in [-0.2, -0.15) is 0 Å². The van der Waals surface area contributed by atoms with E-state index in [2.05, 4.69) is 20.9 Å². The van der Waals surface area contributed by atoms with Crippen molar-refractivity contribution in [1.29, 1.82) is 0 Å². The highest BCUT2D eigenvalue weighted by molar-refractivity contribution is 9.10. The fourth-order valence-corrected chi connectivity index (χ4v) is 1.78. The highest BCUT2D eigenvalue weighted by Crippen LogP contribution is 2.34. The molecule has 18 heavy (non-hydrogen) atoms. The van der Waals surface area contributed by atoms with Gasteiger partial charge in [0.05, 0.1) is 18.2 Å². The van der Waals surface area contributed by atoms with Crippen molar-refractivity contribution in [1.82, 2.24) is 4.98 Å². The summed E-state index contributed by atoms with van der Waals surface area (Å²) in [7, 11) is 1.55. The summed E-state index contributed by atoms with van der Waals surface area (Å²) in [5.74, 6) is 1.57. The largest absolute Gasteiger partial charge is 0.493 e. The average molecular weight is 310 g/mol. The highest BCUT2D eigenvalue weighted by atomic mass is 79.9. The van der Waals surface area contributed by atoms with E-state index in [0.717, 1.165) is 10.0 Å². The van der Waals surface area contributed by atoms with Crippen LogP contribution in [-0.4, -0.2) is 17.2 Å². The second-order valence-corrected chi connectivity index (χ2v) is 4.39. The van der Waals surface area contributed by atoms with Gasteiger partial charge in [-0.25, -0.2) is 4.98 Å². The Balaban J connectivity index is 2.32. The van der Waals surface area contributed by atoms with Crippen molar-refractivity contribution >= 4 is 15.9 Å². The van der Waals surface area contributed by atoms with Gasteiger partial charge in [0.25, 0.3) is 0 Å². The molecule has 4 nitrogen and oxygen atoms in total. The lowest BCUT2D eigenvalue weighted by molar-refractivity contribution is 0.280. The van der Waals surface area contributed by atoms with Crippen molar-refractivity contribution in [2.45, 2.75) is 6.61 Å². The van der Waals surface area contributed by atoms with E-state index >= 15 is 0 Å². The van der Waals surface area contributed by atoms with Crippen LogP contribution in [0.5, 0.6) is 17.4 Å². The van der Waals surface area contributed by atoms with Crippen molar-refractivity contribution in [3.63, 3.8) is 0 Å². The Bertz CT molecular complexity index is 546. The first kappa shape index (κ1) is 12.9. The van der Waals surface area contributed by atoms with Crippen LogP contribution in [0.3, 0.4) is 0 Å². The predicted octanol–water partition coefficient (Wildman–Crippen LogP) is 3.14. The lowest BCUT2D eigenvalue weighted by Crippen LogP contribution is -1.94. The van der Waals surface area contributed by atoms with Crippen molar-refractivity contribution in [3.8, 4) is 17.4 Å². The van der Waals surface area contributed by atoms with Crippen LogP contribution < -0.4 is 9.47 Å². The fourth-order valence-electron chi connectivity index (χ4n) is 1.45. The normalized spacial score (nSPS) is 10.2. The van der Waals surface area contributed by atoms with E-state index in [0.29, 0.717) is 17.4 Å². The number of aliphatic hydroxyl groups excluding tert-OH is 1. The summed E-state index contributed by atoms with van der Waals surface area (Å²) in [4.78, 5) is 4.12. The molecule has 1 aromatic carbocycles. The third-order valence-corrected chi connectivity index (χ3v) is 2.95. The molecular formula is C13H12BrNO3. The Hall–Kier alpha value is -1.59. The molecule has 5 heteroatoms. The summed E-state index contributed by atoms with van der Waals surface area (Å²) in [5.41, 5.74) is 0.763. The molecular weight excluding hydrogens is 298 g/mol. The van der Waals surface area contributed by atoms with E-state index in [1.54, 1.807) is 31.5 Å². The minimum atomic E-state index is -0.0378. The van der Waals surface area contributed by atoms with E-state index in [1.807, 2.05) is 12.1 Å². The molecule has 0 amide bonds. The summed E-state index contributed by atoms with van der Waals surface area (Å²) >= 11 is 3.36. The van der Waals surface area contributed by atoms with Crippen LogP contribution in [0.25, 0.3) is 0 Å². The van der Waals surface area contributed by atoms with Crippen LogP contribution in [0, 0.1) is 0 Å². The Morgan fingerprint density at radius 2 is 2.11 bits per heavy atom. The van der Waals surface area contributed by atoms with E-state index in [4.69, 9.17) is 14.6 Å². The molecule has 2 rings (SSSR count). The molecule has 1 heterocycles. The highest BCUT2D eigenvalue weighted by Gasteiger charge is 2.09. The summed E-state index contributed by atoms with van der Waals surface area (Å²) in [6.07, 6.45) is 1.65. The summed E-state index contributed by atoms with van der Waals surface area (Å²) in [6, 6.07) is 8.90. The maximum absolute atomic E-state index is 9.07. The number of aliphatic hydroxyl groups is 1. The first-order valence-electron chi connectivity index (χ1n) is 5.30. The Morgan fingerprint density at radius 3 is 2.78 bits per heavy atom. The van der Waals surface area contributed by atoms with Crippen molar-refractivity contribution in [3.05, 3.63) is 46.6 Å². The third kappa shape index (κ3) is 2.80. The Labute approximate surface area is 113 Å². The molecule has 0 aliphatic heterocycles.